The van der Waals surface area contributed by atoms with Crippen molar-refractivity contribution in [2.24, 2.45) is 0 Å². The van der Waals surface area contributed by atoms with E-state index in [1.807, 2.05) is 0 Å². The molecule has 0 radical (unpaired) electrons. The fourth-order valence-corrected chi connectivity index (χ4v) is 3.23. The van der Waals surface area contributed by atoms with E-state index in [9.17, 15) is 27.2 Å². The summed E-state index contributed by atoms with van der Waals surface area (Å²) < 4.78 is 61.4. The smallest absolute Gasteiger partial charge is 0.383 e. The van der Waals surface area contributed by atoms with Crippen LogP contribution in [-0.2, 0) is 22.0 Å². The Hall–Kier alpha value is -2.84. The first-order chi connectivity index (χ1) is 13.6. The maximum absolute atomic E-state index is 14.8. The minimum absolute atomic E-state index is 0.0791. The third kappa shape index (κ3) is 4.28. The summed E-state index contributed by atoms with van der Waals surface area (Å²) in [5.41, 5.74) is -0.419. The van der Waals surface area contributed by atoms with E-state index in [2.05, 4.69) is 10.1 Å². The Morgan fingerprint density at radius 2 is 1.86 bits per heavy atom. The Labute approximate surface area is 165 Å². The number of halogens is 4. The zero-order valence-corrected chi connectivity index (χ0v) is 16.5. The van der Waals surface area contributed by atoms with Crippen molar-refractivity contribution in [3.05, 3.63) is 52.1 Å². The molecule has 158 valence electrons. The number of hydrogen-bond acceptors (Lipinski definition) is 3. The van der Waals surface area contributed by atoms with Gasteiger partial charge in [0.2, 0.25) is 0 Å². The van der Waals surface area contributed by atoms with E-state index >= 15 is 0 Å². The number of ether oxygens (including phenoxy) is 1. The van der Waals surface area contributed by atoms with Gasteiger partial charge in [0, 0.05) is 11.4 Å². The third-order valence-corrected chi connectivity index (χ3v) is 4.55. The molecule has 0 unspecified atom stereocenters. The summed E-state index contributed by atoms with van der Waals surface area (Å²) in [6.07, 6.45) is 0. The van der Waals surface area contributed by atoms with Gasteiger partial charge < -0.3 is 14.6 Å². The van der Waals surface area contributed by atoms with Gasteiger partial charge in [-0.3, -0.25) is 4.79 Å². The zero-order valence-electron chi connectivity index (χ0n) is 16.5. The van der Waals surface area contributed by atoms with Gasteiger partial charge in [-0.25, -0.2) is 13.6 Å². The minimum Gasteiger partial charge on any atom is -0.461 e. The summed E-state index contributed by atoms with van der Waals surface area (Å²) in [4.78, 5) is 24.6. The molecule has 0 saturated carbocycles. The molecular weight excluding hydrogens is 392 g/mol. The first-order valence-corrected chi connectivity index (χ1v) is 8.94. The summed E-state index contributed by atoms with van der Waals surface area (Å²) in [5.74, 6) is -7.03. The van der Waals surface area contributed by atoms with Gasteiger partial charge in [-0.15, -0.1) is 0 Å². The maximum Gasteiger partial charge on any atom is 0.383 e. The molecule has 0 spiro atoms. The van der Waals surface area contributed by atoms with Crippen LogP contribution in [0.2, 0.25) is 0 Å². The van der Waals surface area contributed by atoms with E-state index in [4.69, 9.17) is 0 Å². The first kappa shape index (κ1) is 22.4. The van der Waals surface area contributed by atoms with Crippen molar-refractivity contribution >= 4 is 17.6 Å². The molecule has 1 aromatic heterocycles. The lowest BCUT2D eigenvalue weighted by Gasteiger charge is -2.19. The number of nitrogens with one attached hydrogen (secondary N) is 1. The third-order valence-electron chi connectivity index (χ3n) is 4.55. The number of aryl methyl sites for hydroxylation is 1. The number of benzene rings is 1. The molecule has 2 rings (SSSR count). The van der Waals surface area contributed by atoms with Crippen molar-refractivity contribution < 1.29 is 31.9 Å². The number of carbonyl (C=O) groups is 2. The Kier molecular flexibility index (Phi) is 6.71. The van der Waals surface area contributed by atoms with Crippen LogP contribution in [0.5, 0.6) is 0 Å². The normalized spacial score (nSPS) is 11.4. The summed E-state index contributed by atoms with van der Waals surface area (Å²) in [5, 5.41) is 2.52. The van der Waals surface area contributed by atoms with Gasteiger partial charge in [-0.05, 0) is 57.0 Å². The lowest BCUT2D eigenvalue weighted by atomic mass is 10.1. The van der Waals surface area contributed by atoms with E-state index in [0.29, 0.717) is 5.56 Å². The van der Waals surface area contributed by atoms with Crippen LogP contribution in [0.3, 0.4) is 0 Å². The summed E-state index contributed by atoms with van der Waals surface area (Å²) in [6, 6.07) is 3.89. The van der Waals surface area contributed by atoms with Gasteiger partial charge >= 0.3 is 11.9 Å². The average molecular weight is 414 g/mol. The molecule has 9 heteroatoms. The predicted molar refractivity (Wildman–Crippen MR) is 99.5 cm³/mol. The lowest BCUT2D eigenvalue weighted by Crippen LogP contribution is -2.32. The number of aromatic nitrogens is 1. The summed E-state index contributed by atoms with van der Waals surface area (Å²) >= 11 is 0. The monoisotopic (exact) mass is 414 g/mol. The highest BCUT2D eigenvalue weighted by atomic mass is 19.3. The van der Waals surface area contributed by atoms with Crippen LogP contribution in [0.15, 0.2) is 18.2 Å². The van der Waals surface area contributed by atoms with Crippen molar-refractivity contribution in [3.8, 4) is 0 Å². The number of anilines is 1. The number of carbonyl (C=O) groups excluding carboxylic acids is 2. The van der Waals surface area contributed by atoms with Crippen molar-refractivity contribution in [1.82, 2.24) is 4.57 Å². The van der Waals surface area contributed by atoms with Crippen molar-refractivity contribution in [3.63, 3.8) is 0 Å². The number of esters is 1. The number of rotatable bonds is 7. The standard InChI is InChI=1S/C20H22F4N2O3/c1-5-29-19(28)20(23,24)17-12(3)16(13(4)26(17)9-8-21)18(27)25-14-6-7-15(22)11(2)10-14/h6-7,10H,5,8-9H2,1-4H3,(H,25,27). The molecule has 0 aliphatic heterocycles. The molecule has 0 bridgehead atoms. The Bertz CT molecular complexity index is 938. The topological polar surface area (TPSA) is 60.3 Å². The van der Waals surface area contributed by atoms with Crippen LogP contribution in [-0.4, -0.2) is 29.7 Å². The second-order valence-corrected chi connectivity index (χ2v) is 6.49. The number of hydrogen-bond donors (Lipinski definition) is 1. The largest absolute Gasteiger partial charge is 0.461 e. The SMILES string of the molecule is CCOC(=O)C(F)(F)c1c(C)c(C(=O)Nc2ccc(F)c(C)c2)c(C)n1CCF. The van der Waals surface area contributed by atoms with Crippen LogP contribution in [0.25, 0.3) is 0 Å². The molecule has 0 fully saturated rings. The molecule has 1 N–H and O–H groups in total. The summed E-state index contributed by atoms with van der Waals surface area (Å²) in [6.45, 7) is 3.85. The van der Waals surface area contributed by atoms with E-state index in [0.717, 1.165) is 4.57 Å². The molecule has 0 aliphatic carbocycles. The Morgan fingerprint density at radius 3 is 2.41 bits per heavy atom. The fraction of sp³-hybridized carbons (Fsp3) is 0.400. The second-order valence-electron chi connectivity index (χ2n) is 6.49. The van der Waals surface area contributed by atoms with Gasteiger partial charge in [0.25, 0.3) is 5.91 Å². The number of amides is 1. The van der Waals surface area contributed by atoms with Crippen LogP contribution in [0.4, 0.5) is 23.2 Å². The molecule has 29 heavy (non-hydrogen) atoms. The quantitative estimate of drug-likeness (QED) is 0.539. The highest BCUT2D eigenvalue weighted by molar-refractivity contribution is 6.06. The molecule has 1 aromatic carbocycles. The molecule has 0 saturated heterocycles. The predicted octanol–water partition coefficient (Wildman–Crippen LogP) is 4.43. The van der Waals surface area contributed by atoms with Crippen LogP contribution in [0.1, 0.15) is 39.8 Å². The molecule has 2 aromatic rings. The molecular formula is C20H22F4N2O3. The zero-order chi connectivity index (χ0) is 21.9. The minimum atomic E-state index is -4.06. The molecule has 0 atom stereocenters. The fourth-order valence-electron chi connectivity index (χ4n) is 3.23. The van der Waals surface area contributed by atoms with Gasteiger partial charge in [0.05, 0.1) is 18.7 Å². The molecule has 1 heterocycles. The van der Waals surface area contributed by atoms with E-state index < -0.39 is 42.5 Å². The van der Waals surface area contributed by atoms with Crippen molar-refractivity contribution in [2.75, 3.05) is 18.6 Å². The highest BCUT2D eigenvalue weighted by Crippen LogP contribution is 2.37. The van der Waals surface area contributed by atoms with E-state index in [1.165, 1.54) is 45.9 Å². The first-order valence-electron chi connectivity index (χ1n) is 8.94. The van der Waals surface area contributed by atoms with Gasteiger partial charge in [0.15, 0.2) is 0 Å². The lowest BCUT2D eigenvalue weighted by molar-refractivity contribution is -0.174. The van der Waals surface area contributed by atoms with Crippen molar-refractivity contribution in [2.45, 2.75) is 40.2 Å². The van der Waals surface area contributed by atoms with Crippen molar-refractivity contribution in [1.29, 1.82) is 0 Å². The maximum atomic E-state index is 14.8. The summed E-state index contributed by atoms with van der Waals surface area (Å²) in [7, 11) is 0. The Balaban J connectivity index is 2.54. The van der Waals surface area contributed by atoms with Crippen LogP contribution in [0, 0.1) is 26.6 Å². The van der Waals surface area contributed by atoms with Crippen LogP contribution < -0.4 is 5.32 Å². The number of nitrogens with zero attached hydrogens (tertiary/aromatic N) is 1. The van der Waals surface area contributed by atoms with E-state index in [-0.39, 0.29) is 29.1 Å². The Morgan fingerprint density at radius 1 is 1.21 bits per heavy atom. The highest BCUT2D eigenvalue weighted by Gasteiger charge is 2.48. The second kappa shape index (κ2) is 8.67. The average Bonchev–Trinajstić information content (AvgIpc) is 2.89. The molecule has 1 amide bonds. The number of alkyl halides is 3. The van der Waals surface area contributed by atoms with Gasteiger partial charge in [0.1, 0.15) is 18.2 Å². The van der Waals surface area contributed by atoms with Gasteiger partial charge in [-0.2, -0.15) is 8.78 Å². The molecule has 5 nitrogen and oxygen atoms in total. The van der Waals surface area contributed by atoms with Crippen LogP contribution >= 0.6 is 0 Å². The van der Waals surface area contributed by atoms with Gasteiger partial charge in [-0.1, -0.05) is 0 Å². The van der Waals surface area contributed by atoms with E-state index in [1.54, 1.807) is 0 Å². The molecule has 0 aliphatic rings.